The molecule has 8 nitrogen and oxygen atoms in total. The number of aromatic nitrogens is 2. The number of carbonyl (C=O) groups is 1. The molecule has 2 atom stereocenters. The van der Waals surface area contributed by atoms with E-state index in [1.165, 1.54) is 12.1 Å². The first kappa shape index (κ1) is 34.2. The Kier molecular flexibility index (Phi) is 9.67. The fourth-order valence-corrected chi connectivity index (χ4v) is 8.04. The maximum absolute atomic E-state index is 15.5. The van der Waals surface area contributed by atoms with Crippen molar-refractivity contribution in [2.45, 2.75) is 83.6 Å². The van der Waals surface area contributed by atoms with E-state index in [-0.39, 0.29) is 28.5 Å². The maximum Gasteiger partial charge on any atom is 0.254 e. The lowest BCUT2D eigenvalue weighted by atomic mass is 9.84. The minimum Gasteiger partial charge on any atom is -0.415 e. The number of pyridine rings is 1. The van der Waals surface area contributed by atoms with Gasteiger partial charge in [0.1, 0.15) is 17.2 Å². The Balaban J connectivity index is 1.32. The summed E-state index contributed by atoms with van der Waals surface area (Å²) < 4.78 is 50.1. The normalized spacial score (nSPS) is 21.3. The molecular weight excluding hydrogens is 619 g/mol. The summed E-state index contributed by atoms with van der Waals surface area (Å²) in [5.74, 6) is -0.166. The van der Waals surface area contributed by atoms with Crippen molar-refractivity contribution in [2.24, 2.45) is 5.92 Å². The average Bonchev–Trinajstić information content (AvgIpc) is 3.30. The molecule has 3 aromatic rings. The SMILES string of the molecule is Cc1nc(F)c2c(-c3ccc(F)cc3C(=O)N3CCOC[C@H]3C)cc(C3CN(C(CO[Si](C)(C)C(C)(C)C)C4CCOCC4)C3)cn12. The molecule has 5 heterocycles. The van der Waals surface area contributed by atoms with Crippen LogP contribution < -0.4 is 0 Å². The molecule has 0 aliphatic carbocycles. The molecule has 3 saturated heterocycles. The predicted molar refractivity (Wildman–Crippen MR) is 181 cm³/mol. The number of nitrogens with zero attached hydrogens (tertiary/aromatic N) is 4. The number of hydrogen-bond acceptors (Lipinski definition) is 6. The monoisotopic (exact) mass is 668 g/mol. The van der Waals surface area contributed by atoms with Crippen molar-refractivity contribution in [3.8, 4) is 11.1 Å². The van der Waals surface area contributed by atoms with Crippen LogP contribution in [0, 0.1) is 24.6 Å². The van der Waals surface area contributed by atoms with Gasteiger partial charge in [-0.1, -0.05) is 26.8 Å². The first-order valence-corrected chi connectivity index (χ1v) is 20.0. The highest BCUT2D eigenvalue weighted by atomic mass is 28.4. The van der Waals surface area contributed by atoms with Crippen molar-refractivity contribution in [2.75, 3.05) is 52.7 Å². The van der Waals surface area contributed by atoms with Crippen LogP contribution >= 0.6 is 0 Å². The van der Waals surface area contributed by atoms with E-state index >= 15 is 4.39 Å². The summed E-state index contributed by atoms with van der Waals surface area (Å²) in [4.78, 5) is 22.3. The maximum atomic E-state index is 15.5. The highest BCUT2D eigenvalue weighted by molar-refractivity contribution is 6.74. The third-order valence-electron chi connectivity index (χ3n) is 11.1. The van der Waals surface area contributed by atoms with Gasteiger partial charge in [0.25, 0.3) is 5.91 Å². The first-order chi connectivity index (χ1) is 22.2. The molecule has 3 fully saturated rings. The topological polar surface area (TPSA) is 68.5 Å². The molecule has 1 amide bonds. The number of ether oxygens (including phenoxy) is 2. The fraction of sp³-hybridized carbons (Fsp3) is 0.611. The van der Waals surface area contributed by atoms with E-state index in [1.807, 2.05) is 19.2 Å². The molecule has 2 aromatic heterocycles. The first-order valence-electron chi connectivity index (χ1n) is 17.1. The summed E-state index contributed by atoms with van der Waals surface area (Å²) in [5.41, 5.74) is 2.60. The molecule has 3 aliphatic rings. The second-order valence-electron chi connectivity index (χ2n) is 15.2. The van der Waals surface area contributed by atoms with Crippen LogP contribution in [0.15, 0.2) is 30.5 Å². The van der Waals surface area contributed by atoms with Gasteiger partial charge in [0.15, 0.2) is 8.32 Å². The lowest BCUT2D eigenvalue weighted by Gasteiger charge is -2.49. The summed E-state index contributed by atoms with van der Waals surface area (Å²) in [6.45, 7) is 20.4. The second-order valence-corrected chi connectivity index (χ2v) is 20.0. The number of likely N-dealkylation sites (tertiary alicyclic amines) is 1. The van der Waals surface area contributed by atoms with Crippen LogP contribution in [0.4, 0.5) is 8.78 Å². The molecule has 47 heavy (non-hydrogen) atoms. The van der Waals surface area contributed by atoms with Crippen LogP contribution in [0.3, 0.4) is 0 Å². The highest BCUT2D eigenvalue weighted by Gasteiger charge is 2.42. The van der Waals surface area contributed by atoms with Gasteiger partial charge in [0.05, 0.1) is 24.8 Å². The Bertz CT molecular complexity index is 1610. The Morgan fingerprint density at radius 1 is 1.09 bits per heavy atom. The Hall–Kier alpha value is -2.70. The number of amides is 1. The summed E-state index contributed by atoms with van der Waals surface area (Å²) in [7, 11) is -1.93. The van der Waals surface area contributed by atoms with Crippen LogP contribution in [0.5, 0.6) is 0 Å². The quantitative estimate of drug-likeness (QED) is 0.250. The number of imidazole rings is 1. The van der Waals surface area contributed by atoms with Gasteiger partial charge in [0, 0.05) is 63.2 Å². The van der Waals surface area contributed by atoms with Gasteiger partial charge in [0.2, 0.25) is 5.95 Å². The summed E-state index contributed by atoms with van der Waals surface area (Å²) in [5, 5.41) is 0.134. The number of morpholine rings is 1. The minimum absolute atomic E-state index is 0.134. The van der Waals surface area contributed by atoms with Crippen molar-refractivity contribution in [1.82, 2.24) is 19.2 Å². The van der Waals surface area contributed by atoms with Gasteiger partial charge >= 0.3 is 0 Å². The van der Waals surface area contributed by atoms with Crippen molar-refractivity contribution >= 4 is 19.7 Å². The zero-order chi connectivity index (χ0) is 33.7. The minimum atomic E-state index is -1.93. The van der Waals surface area contributed by atoms with Crippen LogP contribution in [0.25, 0.3) is 16.6 Å². The van der Waals surface area contributed by atoms with E-state index in [9.17, 15) is 9.18 Å². The van der Waals surface area contributed by atoms with Crippen molar-refractivity contribution in [1.29, 1.82) is 0 Å². The molecule has 1 aromatic carbocycles. The molecular formula is C36H50F2N4O4Si. The molecule has 11 heteroatoms. The van der Waals surface area contributed by atoms with Gasteiger partial charge in [-0.25, -0.2) is 9.37 Å². The second kappa shape index (κ2) is 13.3. The molecule has 256 valence electrons. The van der Waals surface area contributed by atoms with Gasteiger partial charge in [-0.15, -0.1) is 0 Å². The van der Waals surface area contributed by atoms with E-state index in [0.717, 1.165) is 44.7 Å². The number of carbonyl (C=O) groups excluding carboxylic acids is 1. The standard InChI is InChI=1S/C36H50F2N4O4Si/c1-23-21-45-15-12-41(23)35(43)31-17-28(37)8-9-29(31)30-16-26(20-42-24(2)39-34(38)33(30)42)27-18-40(19-27)32(25-10-13-44-14-11-25)22-46-47(6,7)36(3,4)5/h8-9,16-17,20,23,25,27,32H,10-15,18-19,21-22H2,1-7H3/t23-,32?/m1/s1. The fourth-order valence-electron chi connectivity index (χ4n) is 7.02. The van der Waals surface area contributed by atoms with E-state index in [2.05, 4.69) is 43.7 Å². The molecule has 6 rings (SSSR count). The summed E-state index contributed by atoms with van der Waals surface area (Å²) in [6.07, 6.45) is 4.04. The molecule has 0 saturated carbocycles. The number of fused-ring (bicyclic) bond motifs is 1. The van der Waals surface area contributed by atoms with Gasteiger partial charge in [-0.05, 0) is 80.1 Å². The van der Waals surface area contributed by atoms with Crippen molar-refractivity contribution in [3.63, 3.8) is 0 Å². The Labute approximate surface area is 278 Å². The molecule has 1 unspecified atom stereocenters. The molecule has 0 spiro atoms. The number of benzene rings is 1. The van der Waals surface area contributed by atoms with Crippen molar-refractivity contribution in [3.05, 3.63) is 59.2 Å². The Morgan fingerprint density at radius 2 is 1.81 bits per heavy atom. The largest absolute Gasteiger partial charge is 0.415 e. The lowest BCUT2D eigenvalue weighted by Crippen LogP contribution is -2.57. The predicted octanol–water partition coefficient (Wildman–Crippen LogP) is 6.67. The van der Waals surface area contributed by atoms with E-state index in [4.69, 9.17) is 13.9 Å². The van der Waals surface area contributed by atoms with Gasteiger partial charge in [-0.3, -0.25) is 9.69 Å². The van der Waals surface area contributed by atoms with E-state index in [1.54, 1.807) is 22.3 Å². The smallest absolute Gasteiger partial charge is 0.254 e. The zero-order valence-corrected chi connectivity index (χ0v) is 29.9. The molecule has 0 bridgehead atoms. The third kappa shape index (κ3) is 6.79. The average molecular weight is 669 g/mol. The van der Waals surface area contributed by atoms with Crippen LogP contribution in [0.1, 0.15) is 68.2 Å². The molecule has 0 radical (unpaired) electrons. The van der Waals surface area contributed by atoms with E-state index in [0.29, 0.717) is 60.8 Å². The number of rotatable bonds is 8. The van der Waals surface area contributed by atoms with Crippen molar-refractivity contribution < 1.29 is 27.5 Å². The third-order valence-corrected chi connectivity index (χ3v) is 15.6. The summed E-state index contributed by atoms with van der Waals surface area (Å²) in [6, 6.07) is 6.35. The Morgan fingerprint density at radius 3 is 2.49 bits per heavy atom. The number of hydrogen-bond donors (Lipinski definition) is 0. The zero-order valence-electron chi connectivity index (χ0n) is 28.9. The van der Waals surface area contributed by atoms with Gasteiger partial charge < -0.3 is 23.2 Å². The van der Waals surface area contributed by atoms with Gasteiger partial charge in [-0.2, -0.15) is 4.39 Å². The van der Waals surface area contributed by atoms with Crippen LogP contribution in [-0.2, 0) is 13.9 Å². The van der Waals surface area contributed by atoms with Crippen LogP contribution in [0.2, 0.25) is 18.1 Å². The number of halogens is 2. The number of aryl methyl sites for hydroxylation is 1. The molecule has 3 aliphatic heterocycles. The van der Waals surface area contributed by atoms with Crippen LogP contribution in [-0.4, -0.2) is 98.2 Å². The van der Waals surface area contributed by atoms with E-state index < -0.39 is 20.1 Å². The lowest BCUT2D eigenvalue weighted by molar-refractivity contribution is -0.0199. The summed E-state index contributed by atoms with van der Waals surface area (Å²) >= 11 is 0. The highest BCUT2D eigenvalue weighted by Crippen LogP contribution is 2.40. The molecule has 0 N–H and O–H groups in total.